The Bertz CT molecular complexity index is 1120. The number of aryl methyl sites for hydroxylation is 1. The van der Waals surface area contributed by atoms with Crippen LogP contribution in [0.1, 0.15) is 37.0 Å². The molecule has 0 N–H and O–H groups in total. The minimum Gasteiger partial charge on any atom is -0.611 e. The van der Waals surface area contributed by atoms with E-state index in [1.807, 2.05) is 45.0 Å². The van der Waals surface area contributed by atoms with Crippen molar-refractivity contribution in [1.82, 2.24) is 15.0 Å². The Hall–Kier alpha value is -2.97. The van der Waals surface area contributed by atoms with Gasteiger partial charge in [0.05, 0.1) is 23.1 Å². The number of hydrazone groups is 1. The molecule has 4 rings (SSSR count). The molecule has 0 fully saturated rings. The second kappa shape index (κ2) is 8.64. The number of hydrogen-bond acceptors (Lipinski definition) is 6. The van der Waals surface area contributed by atoms with Gasteiger partial charge in [0, 0.05) is 12.6 Å². The van der Waals surface area contributed by atoms with E-state index < -0.39 is 23.2 Å². The number of rotatable bonds is 5. The molecule has 0 amide bonds. The summed E-state index contributed by atoms with van der Waals surface area (Å²) < 4.78 is 32.4. The summed E-state index contributed by atoms with van der Waals surface area (Å²) in [6.07, 6.45) is 1.08. The molecule has 0 saturated heterocycles. The number of nitrogens with zero attached hydrogens (tertiary/aromatic N) is 4. The zero-order chi connectivity index (χ0) is 22.1. The summed E-state index contributed by atoms with van der Waals surface area (Å²) in [5.41, 5.74) is 3.12. The summed E-state index contributed by atoms with van der Waals surface area (Å²) in [4.78, 5) is 10.0. The van der Waals surface area contributed by atoms with Gasteiger partial charge in [-0.3, -0.25) is 9.99 Å². The Morgan fingerprint density at radius 3 is 2.52 bits per heavy atom. The number of aromatic nitrogens is 2. The number of halogens is 1. The van der Waals surface area contributed by atoms with Crippen molar-refractivity contribution in [3.63, 3.8) is 0 Å². The lowest BCUT2D eigenvalue weighted by Crippen LogP contribution is -2.19. The average molecular weight is 439 g/mol. The first-order valence-corrected chi connectivity index (χ1v) is 11.1. The third-order valence-corrected chi connectivity index (χ3v) is 6.55. The lowest BCUT2D eigenvalue weighted by molar-refractivity contribution is 0.0728. The molecule has 0 aliphatic carbocycles. The van der Waals surface area contributed by atoms with Gasteiger partial charge in [-0.05, 0) is 68.3 Å². The molecule has 3 aromatic rings. The van der Waals surface area contributed by atoms with Gasteiger partial charge in [0.1, 0.15) is 16.8 Å². The van der Waals surface area contributed by atoms with E-state index in [0.29, 0.717) is 22.6 Å². The SMILES string of the molecule is Cc1ncc(-c2ccc([S+]([O-])C(C)C)cc2)nc1C1OC(c2ccccc2F)=NN1C. The highest BCUT2D eigenvalue weighted by atomic mass is 32.2. The highest BCUT2D eigenvalue weighted by Crippen LogP contribution is 2.31. The highest BCUT2D eigenvalue weighted by molar-refractivity contribution is 7.92. The first kappa shape index (κ1) is 21.3. The topological polar surface area (TPSA) is 73.7 Å². The molecule has 6 nitrogen and oxygen atoms in total. The monoisotopic (exact) mass is 438 g/mol. The van der Waals surface area contributed by atoms with E-state index in [1.54, 1.807) is 36.5 Å². The molecule has 2 unspecified atom stereocenters. The maximum absolute atomic E-state index is 14.2. The van der Waals surface area contributed by atoms with E-state index in [0.717, 1.165) is 10.5 Å². The molecule has 31 heavy (non-hydrogen) atoms. The fourth-order valence-corrected chi connectivity index (χ4v) is 4.20. The van der Waals surface area contributed by atoms with Crippen LogP contribution in [0.3, 0.4) is 0 Å². The molecular formula is C23H23FN4O2S. The first-order chi connectivity index (χ1) is 14.8. The molecule has 0 spiro atoms. The number of ether oxygens (including phenoxy) is 1. The molecule has 0 bridgehead atoms. The van der Waals surface area contributed by atoms with Gasteiger partial charge in [0.2, 0.25) is 12.1 Å². The molecule has 160 valence electrons. The van der Waals surface area contributed by atoms with E-state index in [4.69, 9.17) is 9.72 Å². The Morgan fingerprint density at radius 1 is 1.13 bits per heavy atom. The van der Waals surface area contributed by atoms with Crippen LogP contribution in [0.5, 0.6) is 0 Å². The molecule has 2 heterocycles. The van der Waals surface area contributed by atoms with Crippen LogP contribution in [-0.4, -0.2) is 37.7 Å². The van der Waals surface area contributed by atoms with Gasteiger partial charge in [-0.2, -0.15) is 0 Å². The standard InChI is InChI=1S/C23H23FN4O2S/c1-14(2)31(29)17-11-9-16(10-12-17)20-13-25-15(3)21(26-20)23-28(4)27-22(30-23)18-7-5-6-8-19(18)24/h5-14,23H,1-4H3. The lowest BCUT2D eigenvalue weighted by atomic mass is 10.1. The second-order valence-corrected chi connectivity index (χ2v) is 9.53. The quantitative estimate of drug-likeness (QED) is 0.551. The Balaban J connectivity index is 1.61. The van der Waals surface area contributed by atoms with Gasteiger partial charge in [0.25, 0.3) is 0 Å². The molecule has 8 heteroatoms. The summed E-state index contributed by atoms with van der Waals surface area (Å²) in [6, 6.07) is 13.8. The minimum absolute atomic E-state index is 0.0512. The lowest BCUT2D eigenvalue weighted by Gasteiger charge is -2.19. The van der Waals surface area contributed by atoms with Crippen molar-refractivity contribution in [3.05, 3.63) is 77.5 Å². The zero-order valence-electron chi connectivity index (χ0n) is 17.7. The van der Waals surface area contributed by atoms with Crippen LogP contribution in [0.4, 0.5) is 4.39 Å². The van der Waals surface area contributed by atoms with Crippen molar-refractivity contribution in [1.29, 1.82) is 0 Å². The van der Waals surface area contributed by atoms with Crippen molar-refractivity contribution in [3.8, 4) is 11.3 Å². The fraction of sp³-hybridized carbons (Fsp3) is 0.261. The molecule has 0 radical (unpaired) electrons. The number of benzene rings is 2. The van der Waals surface area contributed by atoms with E-state index in [9.17, 15) is 8.94 Å². The Kier molecular flexibility index (Phi) is 5.93. The molecule has 2 atom stereocenters. The molecule has 1 aliphatic rings. The Labute approximate surface area is 184 Å². The van der Waals surface area contributed by atoms with Gasteiger partial charge in [-0.15, -0.1) is 5.10 Å². The summed E-state index contributed by atoms with van der Waals surface area (Å²) >= 11 is -1.05. The van der Waals surface area contributed by atoms with E-state index in [2.05, 4.69) is 10.1 Å². The van der Waals surface area contributed by atoms with E-state index in [-0.39, 0.29) is 11.1 Å². The smallest absolute Gasteiger partial charge is 0.243 e. The largest absolute Gasteiger partial charge is 0.611 e. The van der Waals surface area contributed by atoms with Crippen molar-refractivity contribution < 1.29 is 13.7 Å². The normalized spacial score (nSPS) is 16.9. The third-order valence-electron chi connectivity index (χ3n) is 4.95. The van der Waals surface area contributed by atoms with Gasteiger partial charge in [-0.25, -0.2) is 9.37 Å². The average Bonchev–Trinajstić information content (AvgIpc) is 3.15. The predicted octanol–water partition coefficient (Wildman–Crippen LogP) is 4.43. The fourth-order valence-electron chi connectivity index (χ4n) is 3.25. The predicted molar refractivity (Wildman–Crippen MR) is 118 cm³/mol. The summed E-state index contributed by atoms with van der Waals surface area (Å²) in [6.45, 7) is 5.70. The first-order valence-electron chi connectivity index (χ1n) is 9.92. The highest BCUT2D eigenvalue weighted by Gasteiger charge is 2.32. The second-order valence-electron chi connectivity index (χ2n) is 7.53. The van der Waals surface area contributed by atoms with Crippen molar-refractivity contribution in [2.75, 3.05) is 7.05 Å². The van der Waals surface area contributed by atoms with Gasteiger partial charge >= 0.3 is 0 Å². The van der Waals surface area contributed by atoms with E-state index >= 15 is 0 Å². The molecule has 1 aliphatic heterocycles. The number of hydrogen-bond donors (Lipinski definition) is 0. The van der Waals surface area contributed by atoms with Gasteiger partial charge in [0.15, 0.2) is 4.90 Å². The van der Waals surface area contributed by atoms with Crippen LogP contribution in [0.2, 0.25) is 0 Å². The van der Waals surface area contributed by atoms with Crippen LogP contribution < -0.4 is 0 Å². The minimum atomic E-state index is -1.05. The maximum atomic E-state index is 14.2. The Morgan fingerprint density at radius 2 is 1.84 bits per heavy atom. The molecule has 0 saturated carbocycles. The molecule has 2 aromatic carbocycles. The van der Waals surface area contributed by atoms with Crippen molar-refractivity contribution >= 4 is 17.1 Å². The van der Waals surface area contributed by atoms with Crippen molar-refractivity contribution in [2.24, 2.45) is 5.10 Å². The van der Waals surface area contributed by atoms with Crippen LogP contribution >= 0.6 is 0 Å². The summed E-state index contributed by atoms with van der Waals surface area (Å²) in [7, 11) is 1.75. The summed E-state index contributed by atoms with van der Waals surface area (Å²) in [5, 5.41) is 6.01. The van der Waals surface area contributed by atoms with Gasteiger partial charge in [-0.1, -0.05) is 12.1 Å². The van der Waals surface area contributed by atoms with Crippen molar-refractivity contribution in [2.45, 2.75) is 37.1 Å². The maximum Gasteiger partial charge on any atom is 0.243 e. The zero-order valence-corrected chi connectivity index (χ0v) is 18.6. The summed E-state index contributed by atoms with van der Waals surface area (Å²) in [5.74, 6) is -0.191. The van der Waals surface area contributed by atoms with Gasteiger partial charge < -0.3 is 9.29 Å². The molecule has 1 aromatic heterocycles. The third kappa shape index (κ3) is 4.26. The molecular weight excluding hydrogens is 415 g/mol. The van der Waals surface area contributed by atoms with Crippen LogP contribution in [0, 0.1) is 12.7 Å². The van der Waals surface area contributed by atoms with Crippen LogP contribution in [0.25, 0.3) is 11.3 Å². The van der Waals surface area contributed by atoms with Crippen LogP contribution in [0.15, 0.2) is 64.7 Å². The van der Waals surface area contributed by atoms with E-state index in [1.165, 1.54) is 6.07 Å². The van der Waals surface area contributed by atoms with Crippen LogP contribution in [-0.2, 0) is 15.9 Å².